The van der Waals surface area contributed by atoms with Gasteiger partial charge in [-0.05, 0) is 131 Å². The van der Waals surface area contributed by atoms with Crippen LogP contribution in [0.5, 0.6) is 5.75 Å². The lowest BCUT2D eigenvalue weighted by atomic mass is 9.85. The Kier molecular flexibility index (Phi) is 11.2. The number of hydrogen-bond acceptors (Lipinski definition) is 7. The SMILES string of the molecule is CCCCc1cc(COCCN2CCCCC2)cc(NC(=O)N[C@H]2CC[C@@H](Oc3ccc4nnc(C5(C)CCCN5C)n4c3)c3ccccc32)c1. The van der Waals surface area contributed by atoms with Gasteiger partial charge in [-0.25, -0.2) is 4.79 Å². The predicted octanol–water partition coefficient (Wildman–Crippen LogP) is 7.79. The van der Waals surface area contributed by atoms with Crippen molar-refractivity contribution < 1.29 is 14.3 Å². The maximum Gasteiger partial charge on any atom is 0.319 e. The summed E-state index contributed by atoms with van der Waals surface area (Å²) in [7, 11) is 2.16. The molecule has 2 fully saturated rings. The minimum absolute atomic E-state index is 0.119. The average molecular weight is 694 g/mol. The monoisotopic (exact) mass is 693 g/mol. The zero-order chi connectivity index (χ0) is 35.2. The van der Waals surface area contributed by atoms with Crippen LogP contribution in [-0.4, -0.2) is 70.3 Å². The maximum absolute atomic E-state index is 13.5. The summed E-state index contributed by atoms with van der Waals surface area (Å²) in [5.41, 5.74) is 5.99. The molecule has 1 aliphatic carbocycles. The third kappa shape index (κ3) is 8.24. The number of likely N-dealkylation sites (tertiary alicyclic amines) is 2. The number of aryl methyl sites for hydroxylation is 1. The molecule has 272 valence electrons. The molecule has 2 aromatic heterocycles. The number of carbonyl (C=O) groups is 1. The van der Waals surface area contributed by atoms with Crippen molar-refractivity contribution in [2.24, 2.45) is 0 Å². The zero-order valence-electron chi connectivity index (χ0n) is 30.7. The van der Waals surface area contributed by atoms with Crippen molar-refractivity contribution in [1.29, 1.82) is 0 Å². The average Bonchev–Trinajstić information content (AvgIpc) is 3.73. The van der Waals surface area contributed by atoms with Crippen molar-refractivity contribution in [3.63, 3.8) is 0 Å². The second-order valence-corrected chi connectivity index (χ2v) is 15.0. The van der Waals surface area contributed by atoms with Crippen LogP contribution >= 0.6 is 0 Å². The molecule has 2 aromatic carbocycles. The number of urea groups is 1. The summed E-state index contributed by atoms with van der Waals surface area (Å²) in [6.07, 6.45) is 12.8. The van der Waals surface area contributed by atoms with Gasteiger partial charge in [-0.15, -0.1) is 10.2 Å². The van der Waals surface area contributed by atoms with Crippen LogP contribution in [0.15, 0.2) is 60.8 Å². The topological polar surface area (TPSA) is 96.3 Å². The molecular formula is C41H55N7O3. The lowest BCUT2D eigenvalue weighted by Gasteiger charge is -2.32. The van der Waals surface area contributed by atoms with E-state index in [9.17, 15) is 4.79 Å². The Morgan fingerprint density at radius 2 is 1.78 bits per heavy atom. The highest BCUT2D eigenvalue weighted by atomic mass is 16.5. The second-order valence-electron chi connectivity index (χ2n) is 15.0. The predicted molar refractivity (Wildman–Crippen MR) is 201 cm³/mol. The minimum Gasteiger partial charge on any atom is -0.484 e. The molecule has 1 unspecified atom stereocenters. The number of nitrogens with zero attached hydrogens (tertiary/aromatic N) is 5. The summed E-state index contributed by atoms with van der Waals surface area (Å²) in [5, 5.41) is 15.5. The fraction of sp³-hybridized carbons (Fsp3) is 0.537. The van der Waals surface area contributed by atoms with Crippen LogP contribution in [0, 0.1) is 0 Å². The van der Waals surface area contributed by atoms with Gasteiger partial charge in [-0.3, -0.25) is 9.30 Å². The summed E-state index contributed by atoms with van der Waals surface area (Å²) in [6.45, 7) is 10.1. The Morgan fingerprint density at radius 3 is 2.59 bits per heavy atom. The van der Waals surface area contributed by atoms with E-state index in [1.165, 1.54) is 37.9 Å². The molecule has 3 atom stereocenters. The van der Waals surface area contributed by atoms with Gasteiger partial charge in [-0.1, -0.05) is 50.1 Å². The molecule has 7 rings (SSSR count). The van der Waals surface area contributed by atoms with Gasteiger partial charge in [0.05, 0.1) is 31.0 Å². The van der Waals surface area contributed by atoms with Gasteiger partial charge in [0.1, 0.15) is 11.9 Å². The molecule has 4 heterocycles. The number of anilines is 1. The van der Waals surface area contributed by atoms with Crippen LogP contribution < -0.4 is 15.4 Å². The lowest BCUT2D eigenvalue weighted by molar-refractivity contribution is 0.0863. The number of amides is 2. The van der Waals surface area contributed by atoms with Crippen molar-refractivity contribution in [3.05, 3.63) is 88.9 Å². The van der Waals surface area contributed by atoms with E-state index in [-0.39, 0.29) is 23.7 Å². The molecule has 0 spiro atoms. The molecule has 0 bridgehead atoms. The van der Waals surface area contributed by atoms with Gasteiger partial charge in [0.2, 0.25) is 0 Å². The van der Waals surface area contributed by atoms with Crippen molar-refractivity contribution >= 4 is 17.4 Å². The Balaban J connectivity index is 1.00. The fourth-order valence-electron chi connectivity index (χ4n) is 8.21. The van der Waals surface area contributed by atoms with E-state index in [1.54, 1.807) is 0 Å². The van der Waals surface area contributed by atoms with Crippen LogP contribution in [0.2, 0.25) is 0 Å². The number of aromatic nitrogens is 3. The van der Waals surface area contributed by atoms with E-state index in [0.717, 1.165) is 104 Å². The van der Waals surface area contributed by atoms with Crippen molar-refractivity contribution in [3.8, 4) is 5.75 Å². The third-order valence-electron chi connectivity index (χ3n) is 11.3. The minimum atomic E-state index is -0.199. The standard InChI is InChI=1S/C41H55N7O3/c1-4-5-12-30-25-31(29-50-24-23-47-21-9-6-10-22-47)27-32(26-30)42-40(49)43-36-16-17-37(35-14-8-7-13-34(35)36)51-33-15-18-38-44-45-39(48(38)28-33)41(2)19-11-20-46(41)3/h7-8,13-15,18,25-28,36-37H,4-6,9-12,16-17,19-24,29H2,1-3H3,(H2,42,43,49)/t36-,37+,41?/m0/s1. The second kappa shape index (κ2) is 16.1. The number of pyridine rings is 1. The molecule has 3 aliphatic rings. The molecule has 2 N–H and O–H groups in total. The molecular weight excluding hydrogens is 638 g/mol. The summed E-state index contributed by atoms with van der Waals surface area (Å²) >= 11 is 0. The molecule has 4 aromatic rings. The van der Waals surface area contributed by atoms with Crippen molar-refractivity contribution in [1.82, 2.24) is 29.7 Å². The number of ether oxygens (including phenoxy) is 2. The number of fused-ring (bicyclic) bond motifs is 2. The Hall–Kier alpha value is -3.99. The number of carbonyl (C=O) groups excluding carboxylic acids is 1. The number of nitrogens with one attached hydrogen (secondary N) is 2. The van der Waals surface area contributed by atoms with Gasteiger partial charge < -0.3 is 25.0 Å². The van der Waals surface area contributed by atoms with Crippen molar-refractivity contribution in [2.75, 3.05) is 45.2 Å². The molecule has 2 saturated heterocycles. The smallest absolute Gasteiger partial charge is 0.319 e. The first-order valence-electron chi connectivity index (χ1n) is 19.2. The molecule has 10 nitrogen and oxygen atoms in total. The zero-order valence-corrected chi connectivity index (χ0v) is 30.7. The Labute approximate surface area is 302 Å². The van der Waals surface area contributed by atoms with Gasteiger partial charge in [0, 0.05) is 12.2 Å². The normalized spacial score (nSPS) is 22.6. The number of piperidine rings is 1. The number of benzene rings is 2. The molecule has 10 heteroatoms. The van der Waals surface area contributed by atoms with E-state index < -0.39 is 0 Å². The highest BCUT2D eigenvalue weighted by Gasteiger charge is 2.40. The van der Waals surface area contributed by atoms with Crippen LogP contribution in [0.4, 0.5) is 10.5 Å². The molecule has 51 heavy (non-hydrogen) atoms. The van der Waals surface area contributed by atoms with Crippen molar-refractivity contribution in [2.45, 2.75) is 102 Å². The third-order valence-corrected chi connectivity index (χ3v) is 11.3. The number of unbranched alkanes of at least 4 members (excludes halogenated alkanes) is 1. The first-order valence-corrected chi connectivity index (χ1v) is 19.2. The quantitative estimate of drug-likeness (QED) is 0.138. The Morgan fingerprint density at radius 1 is 0.961 bits per heavy atom. The number of rotatable bonds is 13. The maximum atomic E-state index is 13.5. The van der Waals surface area contributed by atoms with Gasteiger partial charge in [0.15, 0.2) is 11.5 Å². The van der Waals surface area contributed by atoms with Crippen LogP contribution in [0.1, 0.15) is 112 Å². The molecule has 0 radical (unpaired) electrons. The van der Waals surface area contributed by atoms with Gasteiger partial charge >= 0.3 is 6.03 Å². The summed E-state index contributed by atoms with van der Waals surface area (Å²) in [4.78, 5) is 18.4. The summed E-state index contributed by atoms with van der Waals surface area (Å²) in [5.74, 6) is 1.73. The van der Waals surface area contributed by atoms with E-state index in [4.69, 9.17) is 9.47 Å². The van der Waals surface area contributed by atoms with Gasteiger partial charge in [-0.2, -0.15) is 0 Å². The fourth-order valence-corrected chi connectivity index (χ4v) is 8.21. The molecule has 0 saturated carbocycles. The highest BCUT2D eigenvalue weighted by molar-refractivity contribution is 5.89. The van der Waals surface area contributed by atoms with E-state index >= 15 is 0 Å². The van der Waals surface area contributed by atoms with E-state index in [1.807, 2.05) is 30.5 Å². The molecule has 2 amide bonds. The van der Waals surface area contributed by atoms with Gasteiger partial charge in [0.25, 0.3) is 0 Å². The largest absolute Gasteiger partial charge is 0.484 e. The highest BCUT2D eigenvalue weighted by Crippen LogP contribution is 2.40. The summed E-state index contributed by atoms with van der Waals surface area (Å²) in [6, 6.07) is 18.4. The van der Waals surface area contributed by atoms with Crippen LogP contribution in [0.25, 0.3) is 5.65 Å². The first kappa shape index (κ1) is 35.4. The van der Waals surface area contributed by atoms with Crippen LogP contribution in [-0.2, 0) is 23.3 Å². The molecule has 2 aliphatic heterocycles. The summed E-state index contributed by atoms with van der Waals surface area (Å²) < 4.78 is 14.9. The van der Waals surface area contributed by atoms with E-state index in [0.29, 0.717) is 6.61 Å². The van der Waals surface area contributed by atoms with Crippen LogP contribution in [0.3, 0.4) is 0 Å². The lowest BCUT2D eigenvalue weighted by Crippen LogP contribution is -2.37. The first-order chi connectivity index (χ1) is 24.9. The van der Waals surface area contributed by atoms with E-state index in [2.05, 4.69) is 86.3 Å². The number of hydrogen-bond donors (Lipinski definition) is 2. The Bertz CT molecular complexity index is 1790.